The van der Waals surface area contributed by atoms with Crippen LogP contribution >= 0.6 is 0 Å². The van der Waals surface area contributed by atoms with Gasteiger partial charge in [0.1, 0.15) is 58.2 Å². The second-order valence-electron chi connectivity index (χ2n) is 24.0. The number of carbonyl (C=O) groups is 5. The minimum atomic E-state index is -1.21. The van der Waals surface area contributed by atoms with Gasteiger partial charge in [0.2, 0.25) is 0 Å². The number of carboxylic acid groups (broad SMARTS) is 1. The first-order chi connectivity index (χ1) is 45.6. The van der Waals surface area contributed by atoms with Crippen LogP contribution in [0.5, 0.6) is 0 Å². The zero-order valence-electron chi connectivity index (χ0n) is 54.8. The van der Waals surface area contributed by atoms with Crippen molar-refractivity contribution in [3.8, 4) is 39.4 Å². The van der Waals surface area contributed by atoms with Gasteiger partial charge in [-0.25, -0.2) is 52.5 Å². The van der Waals surface area contributed by atoms with Crippen molar-refractivity contribution in [3.63, 3.8) is 0 Å². The number of nitriles is 1. The van der Waals surface area contributed by atoms with Crippen LogP contribution in [0.4, 0.5) is 34.4 Å². The zero-order chi connectivity index (χ0) is 69.8. The summed E-state index contributed by atoms with van der Waals surface area (Å²) < 4.78 is 53.0. The SMILES string of the molecule is CCNC(=O)c1c(-c2ccccc2)c([C@H](C)NC(=O)OC(C)(C)C)nc2ccc(F)cc12.CCNC(=O)c1c(-c2ccccc2)c([C@H](C)Nc2ncnc(N)c2C#N)nc2ccc(F)cc12.C[C@H](NC(=O)OC(C)(C)C)c1nc2ccc(F)cc2c(C(=O)O)c1-c1ccccc1. The van der Waals surface area contributed by atoms with Crippen molar-refractivity contribution < 1.29 is 51.7 Å². The summed E-state index contributed by atoms with van der Waals surface area (Å²) in [6.45, 7) is 20.3. The number of carboxylic acids is 1. The van der Waals surface area contributed by atoms with Gasteiger partial charge in [0.05, 0.1) is 68.4 Å². The third-order valence-corrected chi connectivity index (χ3v) is 14.5. The fourth-order valence-electron chi connectivity index (χ4n) is 10.6. The van der Waals surface area contributed by atoms with E-state index in [1.54, 1.807) is 91.8 Å². The van der Waals surface area contributed by atoms with E-state index in [0.29, 0.717) is 90.9 Å². The van der Waals surface area contributed by atoms with Gasteiger partial charge >= 0.3 is 18.2 Å². The Morgan fingerprint density at radius 3 is 1.21 bits per heavy atom. The van der Waals surface area contributed by atoms with Gasteiger partial charge in [0.15, 0.2) is 0 Å². The number of nitrogens with zero attached hydrogens (tertiary/aromatic N) is 6. The van der Waals surface area contributed by atoms with E-state index in [4.69, 9.17) is 25.2 Å². The number of benzene rings is 6. The minimum absolute atomic E-state index is 0.0560. The Morgan fingerprint density at radius 2 is 0.875 bits per heavy atom. The van der Waals surface area contributed by atoms with E-state index >= 15 is 0 Å². The monoisotopic (exact) mass is 1300 g/mol. The lowest BCUT2D eigenvalue weighted by Gasteiger charge is -2.24. The van der Waals surface area contributed by atoms with Gasteiger partial charge in [-0.2, -0.15) is 5.26 Å². The van der Waals surface area contributed by atoms with Crippen LogP contribution < -0.4 is 32.3 Å². The highest BCUT2D eigenvalue weighted by molar-refractivity contribution is 6.14. The van der Waals surface area contributed by atoms with E-state index < -0.39 is 64.9 Å². The van der Waals surface area contributed by atoms with Gasteiger partial charge in [-0.3, -0.25) is 9.59 Å². The molecule has 6 aromatic carbocycles. The largest absolute Gasteiger partial charge is 0.478 e. The Bertz CT molecular complexity index is 4580. The van der Waals surface area contributed by atoms with Crippen molar-refractivity contribution in [2.24, 2.45) is 0 Å². The Morgan fingerprint density at radius 1 is 0.531 bits per heavy atom. The molecule has 10 aromatic rings. The van der Waals surface area contributed by atoms with Crippen molar-refractivity contribution in [2.75, 3.05) is 24.1 Å². The normalized spacial score (nSPS) is 12.1. The molecule has 10 rings (SSSR count). The number of carbonyl (C=O) groups excluding carboxylic acids is 4. The molecule has 4 amide bonds. The van der Waals surface area contributed by atoms with Crippen molar-refractivity contribution in [1.29, 1.82) is 5.26 Å². The molecule has 0 spiro atoms. The van der Waals surface area contributed by atoms with Gasteiger partial charge in [-0.05, 0) is 147 Å². The topological polar surface area (TPSA) is 298 Å². The number of aromatic carboxylic acids is 1. The quantitative estimate of drug-likeness (QED) is 0.0502. The molecule has 0 aliphatic heterocycles. The van der Waals surface area contributed by atoms with Crippen LogP contribution in [-0.4, -0.2) is 84.3 Å². The Labute approximate surface area is 552 Å². The molecule has 23 heteroatoms. The van der Waals surface area contributed by atoms with Crippen LogP contribution in [-0.2, 0) is 9.47 Å². The smallest absolute Gasteiger partial charge is 0.408 e. The van der Waals surface area contributed by atoms with Crippen LogP contribution in [0, 0.1) is 28.8 Å². The molecule has 0 bridgehead atoms. The van der Waals surface area contributed by atoms with E-state index in [-0.39, 0.29) is 40.0 Å². The van der Waals surface area contributed by atoms with Gasteiger partial charge < -0.3 is 46.9 Å². The first-order valence-corrected chi connectivity index (χ1v) is 30.7. The van der Waals surface area contributed by atoms with Crippen molar-refractivity contribution >= 4 is 74.3 Å². The number of aromatic nitrogens is 5. The lowest BCUT2D eigenvalue weighted by molar-refractivity contribution is 0.0495. The van der Waals surface area contributed by atoms with E-state index in [1.165, 1.54) is 48.8 Å². The minimum Gasteiger partial charge on any atom is -0.478 e. The van der Waals surface area contributed by atoms with Crippen LogP contribution in [0.2, 0.25) is 0 Å². The predicted octanol–water partition coefficient (Wildman–Crippen LogP) is 14.9. The number of nitrogens with two attached hydrogens (primary N) is 1. The third-order valence-electron chi connectivity index (χ3n) is 14.5. The first kappa shape index (κ1) is 70.3. The molecule has 0 fully saturated rings. The lowest BCUT2D eigenvalue weighted by atomic mass is 9.91. The molecule has 3 atom stereocenters. The lowest BCUT2D eigenvalue weighted by Crippen LogP contribution is -2.34. The van der Waals surface area contributed by atoms with Gasteiger partial charge in [0.25, 0.3) is 11.8 Å². The number of rotatable bonds is 15. The molecule has 0 aliphatic rings. The number of ether oxygens (including phenoxy) is 2. The van der Waals surface area contributed by atoms with Crippen LogP contribution in [0.15, 0.2) is 152 Å². The number of hydrogen-bond acceptors (Lipinski definition) is 15. The Balaban J connectivity index is 0.000000185. The summed E-state index contributed by atoms with van der Waals surface area (Å²) in [6.07, 6.45) is 0.0246. The maximum atomic E-state index is 14.2. The predicted molar refractivity (Wildman–Crippen MR) is 363 cm³/mol. The number of amides is 4. The van der Waals surface area contributed by atoms with Crippen LogP contribution in [0.3, 0.4) is 0 Å². The van der Waals surface area contributed by atoms with Gasteiger partial charge in [-0.1, -0.05) is 91.0 Å². The summed E-state index contributed by atoms with van der Waals surface area (Å²) in [6, 6.07) is 39.8. The molecule has 0 saturated heterocycles. The number of pyridine rings is 3. The third kappa shape index (κ3) is 17.0. The van der Waals surface area contributed by atoms with E-state index in [9.17, 15) is 47.5 Å². The van der Waals surface area contributed by atoms with Crippen molar-refractivity contribution in [2.45, 2.75) is 105 Å². The number of fused-ring (bicyclic) bond motifs is 3. The summed E-state index contributed by atoms with van der Waals surface area (Å²) in [5.41, 5.74) is 11.3. The average molecular weight is 1300 g/mol. The summed E-state index contributed by atoms with van der Waals surface area (Å²) in [5, 5.41) is 34.9. The molecule has 0 aliphatic carbocycles. The molecule has 4 heterocycles. The fraction of sp³-hybridized carbons (Fsp3) is 0.247. The van der Waals surface area contributed by atoms with Crippen LogP contribution in [0.25, 0.3) is 66.1 Å². The summed E-state index contributed by atoms with van der Waals surface area (Å²) in [4.78, 5) is 85.6. The standard InChI is InChI=1S/C25H22FN7O.C25H28FN3O3.C23H23FN2O4/c1-3-29-25(34)21-17-11-16(26)9-10-19(17)33-22(20(21)15-7-5-4-6-8-15)14(2)32-24-18(12-27)23(28)30-13-31-24;1-6-27-23(30)21-18-14-17(26)12-13-19(18)29-22(20(21)16-10-8-7-9-11-16)15(2)28-24(31)32-25(3,4)5;1-13(25-22(29)30-23(2,3)4)20-18(14-8-6-5-7-9-14)19(21(27)28)16-12-15(24)10-11-17(16)26-20/h4-11,13-14H,3H2,1-2H3,(H,29,34)(H3,28,30,31,32);7-15H,6H2,1-5H3,(H,27,30)(H,28,31);5-13H,1-4H3,(H,25,29)(H,27,28)/t14-;15-;13-/m000/s1. The fourth-order valence-corrected chi connectivity index (χ4v) is 10.6. The number of nitrogens with one attached hydrogen (secondary N) is 5. The number of alkyl carbamates (subject to hydrolysis) is 2. The molecule has 0 unspecified atom stereocenters. The van der Waals surface area contributed by atoms with Gasteiger partial charge in [0, 0.05) is 45.9 Å². The highest BCUT2D eigenvalue weighted by Crippen LogP contribution is 2.40. The van der Waals surface area contributed by atoms with Gasteiger partial charge in [-0.15, -0.1) is 0 Å². The molecule has 96 heavy (non-hydrogen) atoms. The molecule has 20 nitrogen and oxygen atoms in total. The maximum absolute atomic E-state index is 14.2. The molecule has 4 aromatic heterocycles. The molecular formula is C73H73F3N12O8. The second kappa shape index (κ2) is 30.5. The highest BCUT2D eigenvalue weighted by Gasteiger charge is 2.31. The molecule has 0 radical (unpaired) electrons. The summed E-state index contributed by atoms with van der Waals surface area (Å²) in [5.74, 6) is -3.06. The Hall–Kier alpha value is -11.5. The number of halogens is 3. The maximum Gasteiger partial charge on any atom is 0.408 e. The zero-order valence-corrected chi connectivity index (χ0v) is 54.8. The molecule has 494 valence electrons. The first-order valence-electron chi connectivity index (χ1n) is 30.7. The Kier molecular flexibility index (Phi) is 22.3. The van der Waals surface area contributed by atoms with E-state index in [1.807, 2.05) is 87.5 Å². The number of nitrogen functional groups attached to an aromatic ring is 1. The molecular weight excluding hydrogens is 1230 g/mol. The van der Waals surface area contributed by atoms with Crippen molar-refractivity contribution in [1.82, 2.24) is 46.2 Å². The molecule has 0 saturated carbocycles. The van der Waals surface area contributed by atoms with Crippen molar-refractivity contribution in [3.05, 3.63) is 209 Å². The number of anilines is 2. The summed E-state index contributed by atoms with van der Waals surface area (Å²) in [7, 11) is 0. The van der Waals surface area contributed by atoms with Crippen LogP contribution in [0.1, 0.15) is 148 Å². The summed E-state index contributed by atoms with van der Waals surface area (Å²) >= 11 is 0. The number of hydrogen-bond donors (Lipinski definition) is 7. The second-order valence-corrected chi connectivity index (χ2v) is 24.0. The average Bonchev–Trinajstić information content (AvgIpc) is 0.770. The van der Waals surface area contributed by atoms with E-state index in [2.05, 4.69) is 41.5 Å². The highest BCUT2D eigenvalue weighted by atomic mass is 19.1. The van der Waals surface area contributed by atoms with E-state index in [0.717, 1.165) is 17.2 Å². The molecule has 8 N–H and O–H groups in total.